The molecular weight excluding hydrogens is 344 g/mol. The van der Waals surface area contributed by atoms with Crippen LogP contribution in [-0.4, -0.2) is 40.8 Å². The standard InChI is InChI=1S/C22H34O5/c1-6-20(4)11-16(27-17(25)12-23)21(5)13(2)7-9-22(14(3)19(20)26)10-8-15(24)18(21)22/h6,13-14,16,18-19,23,26H,1,7-12H2,2-5H3/t13-,14?,16-,18?,19?,20+,21+,22?/m1/s1. The first-order valence-electron chi connectivity index (χ1n) is 10.2. The van der Waals surface area contributed by atoms with Crippen LogP contribution in [0.3, 0.4) is 0 Å². The SMILES string of the molecule is C=C[C@@]1(C)C[C@@H](OC(=O)CO)[C@@]2(C)C3C(=O)CCC3(CC[C@H]2C)C(C)C1O. The smallest absolute Gasteiger partial charge is 0.332 e. The third-order valence-electron chi connectivity index (χ3n) is 8.70. The lowest BCUT2D eigenvalue weighted by atomic mass is 9.44. The van der Waals surface area contributed by atoms with Gasteiger partial charge in [0, 0.05) is 23.2 Å². The van der Waals surface area contributed by atoms with E-state index in [0.717, 1.165) is 19.3 Å². The lowest BCUT2D eigenvalue weighted by Crippen LogP contribution is -2.63. The molecule has 0 saturated heterocycles. The number of hydrogen-bond donors (Lipinski definition) is 2. The molecule has 0 aliphatic heterocycles. The molecule has 0 aromatic heterocycles. The summed E-state index contributed by atoms with van der Waals surface area (Å²) < 4.78 is 5.77. The Morgan fingerprint density at radius 2 is 2.00 bits per heavy atom. The normalized spacial score (nSPS) is 49.7. The number of aliphatic hydroxyl groups excluding tert-OH is 2. The second-order valence-corrected chi connectivity index (χ2v) is 9.72. The summed E-state index contributed by atoms with van der Waals surface area (Å²) in [4.78, 5) is 25.2. The molecule has 3 aliphatic carbocycles. The zero-order valence-electron chi connectivity index (χ0n) is 17.0. The van der Waals surface area contributed by atoms with E-state index in [1.54, 1.807) is 6.08 Å². The van der Waals surface area contributed by atoms with Gasteiger partial charge in [0.15, 0.2) is 0 Å². The van der Waals surface area contributed by atoms with Gasteiger partial charge >= 0.3 is 5.97 Å². The highest BCUT2D eigenvalue weighted by atomic mass is 16.6. The summed E-state index contributed by atoms with van der Waals surface area (Å²) in [6, 6.07) is 0. The van der Waals surface area contributed by atoms with E-state index in [2.05, 4.69) is 27.4 Å². The predicted molar refractivity (Wildman–Crippen MR) is 102 cm³/mol. The first-order chi connectivity index (χ1) is 12.6. The van der Waals surface area contributed by atoms with Crippen molar-refractivity contribution in [2.45, 2.75) is 72.0 Å². The van der Waals surface area contributed by atoms with Gasteiger partial charge in [-0.05, 0) is 42.9 Å². The highest BCUT2D eigenvalue weighted by molar-refractivity contribution is 5.85. The van der Waals surface area contributed by atoms with E-state index in [9.17, 15) is 19.8 Å². The molecule has 2 N–H and O–H groups in total. The van der Waals surface area contributed by atoms with E-state index >= 15 is 0 Å². The van der Waals surface area contributed by atoms with Crippen molar-refractivity contribution in [3.8, 4) is 0 Å². The Hall–Kier alpha value is -1.20. The summed E-state index contributed by atoms with van der Waals surface area (Å²) in [7, 11) is 0. The minimum absolute atomic E-state index is 0.0433. The molecule has 152 valence electrons. The molecule has 5 nitrogen and oxygen atoms in total. The van der Waals surface area contributed by atoms with Gasteiger partial charge in [-0.15, -0.1) is 6.58 Å². The van der Waals surface area contributed by atoms with Crippen LogP contribution in [0, 0.1) is 34.0 Å². The zero-order valence-corrected chi connectivity index (χ0v) is 17.0. The Morgan fingerprint density at radius 1 is 1.33 bits per heavy atom. The van der Waals surface area contributed by atoms with Crippen molar-refractivity contribution in [3.63, 3.8) is 0 Å². The van der Waals surface area contributed by atoms with Crippen molar-refractivity contribution in [2.24, 2.45) is 34.0 Å². The maximum atomic E-state index is 13.1. The summed E-state index contributed by atoms with van der Waals surface area (Å²) >= 11 is 0. The van der Waals surface area contributed by atoms with E-state index in [1.807, 2.05) is 6.92 Å². The number of carbonyl (C=O) groups excluding carboxylic acids is 2. The Labute approximate surface area is 162 Å². The fourth-order valence-corrected chi connectivity index (χ4v) is 6.70. The van der Waals surface area contributed by atoms with E-state index in [0.29, 0.717) is 12.8 Å². The molecule has 3 aliphatic rings. The largest absolute Gasteiger partial charge is 0.460 e. The second kappa shape index (κ2) is 6.70. The fourth-order valence-electron chi connectivity index (χ4n) is 6.70. The monoisotopic (exact) mass is 378 g/mol. The van der Waals surface area contributed by atoms with Crippen molar-refractivity contribution < 1.29 is 24.5 Å². The number of ether oxygens (including phenoxy) is 1. The zero-order chi connectivity index (χ0) is 20.2. The molecule has 3 rings (SSSR count). The van der Waals surface area contributed by atoms with Crippen LogP contribution in [0.5, 0.6) is 0 Å². The molecular formula is C22H34O5. The molecule has 0 spiro atoms. The van der Waals surface area contributed by atoms with Crippen LogP contribution < -0.4 is 0 Å². The average molecular weight is 379 g/mol. The summed E-state index contributed by atoms with van der Waals surface area (Å²) in [5, 5.41) is 20.6. The van der Waals surface area contributed by atoms with Crippen molar-refractivity contribution in [1.82, 2.24) is 0 Å². The van der Waals surface area contributed by atoms with Crippen LogP contribution in [-0.2, 0) is 14.3 Å². The Morgan fingerprint density at radius 3 is 2.59 bits per heavy atom. The summed E-state index contributed by atoms with van der Waals surface area (Å²) in [5.41, 5.74) is -1.43. The van der Waals surface area contributed by atoms with Crippen LogP contribution in [0.2, 0.25) is 0 Å². The lowest BCUT2D eigenvalue weighted by molar-refractivity contribution is -0.207. The number of hydrogen-bond acceptors (Lipinski definition) is 5. The van der Waals surface area contributed by atoms with Gasteiger partial charge in [-0.2, -0.15) is 0 Å². The van der Waals surface area contributed by atoms with Crippen LogP contribution >= 0.6 is 0 Å². The third kappa shape index (κ3) is 2.72. The number of ketones is 1. The topological polar surface area (TPSA) is 83.8 Å². The minimum Gasteiger partial charge on any atom is -0.460 e. The van der Waals surface area contributed by atoms with Crippen molar-refractivity contribution in [2.75, 3.05) is 6.61 Å². The number of aliphatic hydroxyl groups is 2. The molecule has 4 unspecified atom stereocenters. The van der Waals surface area contributed by atoms with Gasteiger partial charge in [-0.1, -0.05) is 33.8 Å². The van der Waals surface area contributed by atoms with Crippen LogP contribution in [0.4, 0.5) is 0 Å². The molecule has 0 heterocycles. The van der Waals surface area contributed by atoms with Gasteiger partial charge in [0.25, 0.3) is 0 Å². The highest BCUT2D eigenvalue weighted by Crippen LogP contribution is 2.67. The Kier molecular flexibility index (Phi) is 5.09. The predicted octanol–water partition coefficient (Wildman–Crippen LogP) is 2.89. The first kappa shape index (κ1) is 20.5. The number of esters is 1. The van der Waals surface area contributed by atoms with E-state index in [4.69, 9.17) is 4.74 Å². The van der Waals surface area contributed by atoms with Gasteiger partial charge < -0.3 is 14.9 Å². The molecule has 0 radical (unpaired) electrons. The minimum atomic E-state index is -0.686. The molecule has 3 saturated carbocycles. The maximum absolute atomic E-state index is 13.1. The van der Waals surface area contributed by atoms with Crippen molar-refractivity contribution in [3.05, 3.63) is 12.7 Å². The quantitative estimate of drug-likeness (QED) is 0.583. The van der Waals surface area contributed by atoms with E-state index < -0.39 is 35.6 Å². The van der Waals surface area contributed by atoms with Gasteiger partial charge in [0.1, 0.15) is 18.5 Å². The first-order valence-corrected chi connectivity index (χ1v) is 10.2. The molecule has 0 aromatic carbocycles. The molecule has 5 heteroatoms. The Bertz CT molecular complexity index is 645. The maximum Gasteiger partial charge on any atom is 0.332 e. The molecule has 0 aromatic rings. The number of carbonyl (C=O) groups is 2. The van der Waals surface area contributed by atoms with E-state index in [-0.39, 0.29) is 29.0 Å². The molecule has 8 atom stereocenters. The van der Waals surface area contributed by atoms with Gasteiger partial charge in [-0.25, -0.2) is 4.79 Å². The molecule has 27 heavy (non-hydrogen) atoms. The fraction of sp³-hybridized carbons (Fsp3) is 0.818. The number of Topliss-reactive ketones (excluding diaryl/α,β-unsaturated/α-hetero) is 1. The average Bonchev–Trinajstić information content (AvgIpc) is 3.00. The van der Waals surface area contributed by atoms with Gasteiger partial charge in [0.05, 0.1) is 6.10 Å². The van der Waals surface area contributed by atoms with Crippen molar-refractivity contribution in [1.29, 1.82) is 0 Å². The van der Waals surface area contributed by atoms with Crippen LogP contribution in [0.25, 0.3) is 0 Å². The van der Waals surface area contributed by atoms with Gasteiger partial charge in [-0.3, -0.25) is 4.79 Å². The van der Waals surface area contributed by atoms with Crippen LogP contribution in [0.1, 0.15) is 59.8 Å². The molecule has 3 fully saturated rings. The molecule has 0 amide bonds. The highest BCUT2D eigenvalue weighted by Gasteiger charge is 2.68. The Balaban J connectivity index is 2.21. The van der Waals surface area contributed by atoms with E-state index in [1.165, 1.54) is 0 Å². The second-order valence-electron chi connectivity index (χ2n) is 9.72. The van der Waals surface area contributed by atoms with Crippen molar-refractivity contribution >= 4 is 11.8 Å². The summed E-state index contributed by atoms with van der Waals surface area (Å²) in [6.45, 7) is 11.5. The summed E-state index contributed by atoms with van der Waals surface area (Å²) in [6.07, 6.45) is 4.10. The molecule has 2 bridgehead atoms. The third-order valence-corrected chi connectivity index (χ3v) is 8.70. The summed E-state index contributed by atoms with van der Waals surface area (Å²) in [5.74, 6) is -0.520. The van der Waals surface area contributed by atoms with Gasteiger partial charge in [0.2, 0.25) is 0 Å². The number of rotatable bonds is 3. The lowest BCUT2D eigenvalue weighted by Gasteiger charge is -2.61. The van der Waals surface area contributed by atoms with Crippen LogP contribution in [0.15, 0.2) is 12.7 Å².